The van der Waals surface area contributed by atoms with Crippen LogP contribution in [0.3, 0.4) is 0 Å². The first-order valence-corrected chi connectivity index (χ1v) is 5.79. The summed E-state index contributed by atoms with van der Waals surface area (Å²) in [5.41, 5.74) is 0. The molecule has 0 atom stereocenters. The number of esters is 1. The third kappa shape index (κ3) is 6.40. The normalized spacial score (nSPS) is 14.6. The fourth-order valence-corrected chi connectivity index (χ4v) is 1.31. The molecule has 0 heterocycles. The summed E-state index contributed by atoms with van der Waals surface area (Å²) < 4.78 is 4.51. The predicted octanol–water partition coefficient (Wildman–Crippen LogP) is 0.198. The van der Waals surface area contributed by atoms with Crippen LogP contribution in [0.5, 0.6) is 0 Å². The van der Waals surface area contributed by atoms with Crippen LogP contribution < -0.4 is 10.6 Å². The molecular weight excluding hydrogens is 208 g/mol. The van der Waals surface area contributed by atoms with Gasteiger partial charge in [0.25, 0.3) is 0 Å². The van der Waals surface area contributed by atoms with Gasteiger partial charge in [0.15, 0.2) is 0 Å². The molecule has 92 valence electrons. The predicted molar refractivity (Wildman–Crippen MR) is 59.9 cm³/mol. The lowest BCUT2D eigenvalue weighted by Gasteiger charge is -2.05. The highest BCUT2D eigenvalue weighted by atomic mass is 16.5. The molecule has 5 heteroatoms. The molecule has 0 saturated heterocycles. The van der Waals surface area contributed by atoms with E-state index in [1.54, 1.807) is 0 Å². The second-order valence-corrected chi connectivity index (χ2v) is 4.02. The average molecular weight is 228 g/mol. The van der Waals surface area contributed by atoms with Crippen molar-refractivity contribution < 1.29 is 14.3 Å². The van der Waals surface area contributed by atoms with Crippen LogP contribution in [0.15, 0.2) is 0 Å². The van der Waals surface area contributed by atoms with Gasteiger partial charge in [-0.15, -0.1) is 0 Å². The lowest BCUT2D eigenvalue weighted by atomic mass is 10.3. The van der Waals surface area contributed by atoms with Crippen molar-refractivity contribution in [2.75, 3.05) is 20.2 Å². The Morgan fingerprint density at radius 2 is 2.00 bits per heavy atom. The molecule has 0 aromatic carbocycles. The smallest absolute Gasteiger partial charge is 0.305 e. The summed E-state index contributed by atoms with van der Waals surface area (Å²) in [6, 6.07) is 0.437. The molecule has 1 aliphatic carbocycles. The molecule has 2 N–H and O–H groups in total. The Kier molecular flexibility index (Phi) is 5.85. The Hall–Kier alpha value is -1.10. The SMILES string of the molecule is COC(=O)CCCNCCC(=O)NC1CC1. The van der Waals surface area contributed by atoms with E-state index < -0.39 is 0 Å². The van der Waals surface area contributed by atoms with Gasteiger partial charge in [-0.05, 0) is 25.8 Å². The molecule has 0 bridgehead atoms. The van der Waals surface area contributed by atoms with Gasteiger partial charge in [-0.25, -0.2) is 0 Å². The Morgan fingerprint density at radius 3 is 2.62 bits per heavy atom. The lowest BCUT2D eigenvalue weighted by Crippen LogP contribution is -2.29. The van der Waals surface area contributed by atoms with Crippen LogP contribution in [0.25, 0.3) is 0 Å². The summed E-state index contributed by atoms with van der Waals surface area (Å²) in [6.07, 6.45) is 3.93. The molecule has 0 aliphatic heterocycles. The zero-order chi connectivity index (χ0) is 11.8. The standard InChI is InChI=1S/C11H20N2O3/c1-16-11(15)3-2-7-12-8-6-10(14)13-9-4-5-9/h9,12H,2-8H2,1H3,(H,13,14). The number of rotatable bonds is 8. The van der Waals surface area contributed by atoms with Gasteiger partial charge in [-0.3, -0.25) is 9.59 Å². The van der Waals surface area contributed by atoms with Crippen LogP contribution in [0.1, 0.15) is 32.1 Å². The maximum absolute atomic E-state index is 11.3. The third-order valence-electron chi connectivity index (χ3n) is 2.43. The van der Waals surface area contributed by atoms with Gasteiger partial charge in [0.2, 0.25) is 5.91 Å². The van der Waals surface area contributed by atoms with Crippen LogP contribution in [-0.2, 0) is 14.3 Å². The summed E-state index contributed by atoms with van der Waals surface area (Å²) in [7, 11) is 1.39. The Labute approximate surface area is 95.9 Å². The molecule has 0 aromatic heterocycles. The van der Waals surface area contributed by atoms with Crippen LogP contribution >= 0.6 is 0 Å². The Morgan fingerprint density at radius 1 is 1.25 bits per heavy atom. The van der Waals surface area contributed by atoms with Crippen LogP contribution in [0, 0.1) is 0 Å². The number of nitrogens with one attached hydrogen (secondary N) is 2. The zero-order valence-corrected chi connectivity index (χ0v) is 9.75. The van der Waals surface area contributed by atoms with Crippen molar-refractivity contribution in [2.24, 2.45) is 0 Å². The Balaban J connectivity index is 1.83. The Bertz CT molecular complexity index is 239. The molecule has 1 rings (SSSR count). The van der Waals surface area contributed by atoms with E-state index in [4.69, 9.17) is 0 Å². The molecule has 1 fully saturated rings. The molecule has 16 heavy (non-hydrogen) atoms. The third-order valence-corrected chi connectivity index (χ3v) is 2.43. The number of methoxy groups -OCH3 is 1. The van der Waals surface area contributed by atoms with Gasteiger partial charge in [0.05, 0.1) is 7.11 Å². The van der Waals surface area contributed by atoms with Crippen molar-refractivity contribution in [3.8, 4) is 0 Å². The van der Waals surface area contributed by atoms with Crippen LogP contribution in [0.2, 0.25) is 0 Å². The molecule has 0 spiro atoms. The van der Waals surface area contributed by atoms with Crippen molar-refractivity contribution >= 4 is 11.9 Å². The summed E-state index contributed by atoms with van der Waals surface area (Å²) in [5, 5.41) is 6.04. The van der Waals surface area contributed by atoms with E-state index in [1.165, 1.54) is 7.11 Å². The van der Waals surface area contributed by atoms with E-state index in [0.717, 1.165) is 25.8 Å². The van der Waals surface area contributed by atoms with E-state index in [0.29, 0.717) is 25.4 Å². The molecular formula is C11H20N2O3. The fraction of sp³-hybridized carbons (Fsp3) is 0.818. The highest BCUT2D eigenvalue weighted by molar-refractivity contribution is 5.76. The van der Waals surface area contributed by atoms with Crippen molar-refractivity contribution in [2.45, 2.75) is 38.1 Å². The first-order valence-electron chi connectivity index (χ1n) is 5.79. The van der Waals surface area contributed by atoms with Gasteiger partial charge >= 0.3 is 5.97 Å². The summed E-state index contributed by atoms with van der Waals surface area (Å²) in [6.45, 7) is 1.41. The lowest BCUT2D eigenvalue weighted by molar-refractivity contribution is -0.140. The summed E-state index contributed by atoms with van der Waals surface area (Å²) >= 11 is 0. The molecule has 5 nitrogen and oxygen atoms in total. The molecule has 0 aromatic rings. The van der Waals surface area contributed by atoms with Crippen molar-refractivity contribution in [3.63, 3.8) is 0 Å². The van der Waals surface area contributed by atoms with Gasteiger partial charge < -0.3 is 15.4 Å². The minimum Gasteiger partial charge on any atom is -0.469 e. The molecule has 1 aliphatic rings. The largest absolute Gasteiger partial charge is 0.469 e. The molecule has 0 unspecified atom stereocenters. The topological polar surface area (TPSA) is 67.4 Å². The van der Waals surface area contributed by atoms with Gasteiger partial charge in [-0.1, -0.05) is 0 Å². The maximum Gasteiger partial charge on any atom is 0.305 e. The van der Waals surface area contributed by atoms with E-state index in [-0.39, 0.29) is 11.9 Å². The minimum absolute atomic E-state index is 0.114. The molecule has 0 radical (unpaired) electrons. The van der Waals surface area contributed by atoms with Gasteiger partial charge in [-0.2, -0.15) is 0 Å². The van der Waals surface area contributed by atoms with Crippen molar-refractivity contribution in [1.82, 2.24) is 10.6 Å². The van der Waals surface area contributed by atoms with E-state index in [2.05, 4.69) is 15.4 Å². The average Bonchev–Trinajstić information content (AvgIpc) is 3.06. The van der Waals surface area contributed by atoms with Crippen molar-refractivity contribution in [3.05, 3.63) is 0 Å². The second-order valence-electron chi connectivity index (χ2n) is 4.02. The number of ether oxygens (including phenoxy) is 1. The number of hydrogen-bond acceptors (Lipinski definition) is 4. The second kappa shape index (κ2) is 7.22. The summed E-state index contributed by atoms with van der Waals surface area (Å²) in [4.78, 5) is 22.0. The first kappa shape index (κ1) is 13.0. The minimum atomic E-state index is -0.187. The maximum atomic E-state index is 11.3. The van der Waals surface area contributed by atoms with Crippen LogP contribution in [-0.4, -0.2) is 38.1 Å². The van der Waals surface area contributed by atoms with Crippen LogP contribution in [0.4, 0.5) is 0 Å². The number of carbonyl (C=O) groups excluding carboxylic acids is 2. The quantitative estimate of drug-likeness (QED) is 0.460. The van der Waals surface area contributed by atoms with Gasteiger partial charge in [0, 0.05) is 25.4 Å². The van der Waals surface area contributed by atoms with E-state index >= 15 is 0 Å². The fourth-order valence-electron chi connectivity index (χ4n) is 1.31. The number of hydrogen-bond donors (Lipinski definition) is 2. The zero-order valence-electron chi connectivity index (χ0n) is 9.75. The highest BCUT2D eigenvalue weighted by Gasteiger charge is 2.22. The van der Waals surface area contributed by atoms with Gasteiger partial charge in [0.1, 0.15) is 0 Å². The molecule has 1 saturated carbocycles. The highest BCUT2D eigenvalue weighted by Crippen LogP contribution is 2.18. The first-order chi connectivity index (χ1) is 7.72. The van der Waals surface area contributed by atoms with E-state index in [1.807, 2.05) is 0 Å². The van der Waals surface area contributed by atoms with E-state index in [9.17, 15) is 9.59 Å². The summed E-state index contributed by atoms with van der Waals surface area (Å²) in [5.74, 6) is -0.0729. The van der Waals surface area contributed by atoms with Crippen molar-refractivity contribution in [1.29, 1.82) is 0 Å². The molecule has 1 amide bonds. The number of carbonyl (C=O) groups is 2. The number of amides is 1. The monoisotopic (exact) mass is 228 g/mol.